The fourth-order valence-electron chi connectivity index (χ4n) is 1.25. The van der Waals surface area contributed by atoms with Crippen LogP contribution in [-0.4, -0.2) is 5.54 Å². The number of hydrogen-bond acceptors (Lipinski definition) is 2. The first kappa shape index (κ1) is 7.35. The molecule has 2 heterocycles. The molecule has 62 valence electrons. The molecule has 0 aromatic carbocycles. The molecule has 0 spiro atoms. The Morgan fingerprint density at radius 3 is 3.08 bits per heavy atom. The maximum Gasteiger partial charge on any atom is 0.151 e. The van der Waals surface area contributed by atoms with Crippen molar-refractivity contribution < 1.29 is 4.42 Å². The van der Waals surface area contributed by atoms with Gasteiger partial charge < -0.3 is 4.42 Å². The molecule has 0 aliphatic carbocycles. The average molecular weight is 161 g/mol. The van der Waals surface area contributed by atoms with Gasteiger partial charge in [-0.1, -0.05) is 12.2 Å². The molecule has 0 amide bonds. The van der Waals surface area contributed by atoms with Gasteiger partial charge in [0.15, 0.2) is 5.42 Å². The third kappa shape index (κ3) is 1.20. The van der Waals surface area contributed by atoms with Crippen LogP contribution in [0.4, 0.5) is 0 Å². The van der Waals surface area contributed by atoms with Gasteiger partial charge in [0.05, 0.1) is 11.8 Å². The molecule has 0 N–H and O–H groups in total. The lowest BCUT2D eigenvalue weighted by Gasteiger charge is -2.11. The summed E-state index contributed by atoms with van der Waals surface area (Å²) in [6.45, 7) is 4.14. The van der Waals surface area contributed by atoms with E-state index in [0.29, 0.717) is 0 Å². The molecule has 1 aliphatic heterocycles. The lowest BCUT2D eigenvalue weighted by molar-refractivity contribution is 0.526. The smallest absolute Gasteiger partial charge is 0.151 e. The summed E-state index contributed by atoms with van der Waals surface area (Å²) in [6.07, 6.45) is 7.65. The van der Waals surface area contributed by atoms with Crippen LogP contribution >= 0.6 is 0 Å². The van der Waals surface area contributed by atoms with Crippen molar-refractivity contribution in [2.24, 2.45) is 4.99 Å². The van der Waals surface area contributed by atoms with Crippen LogP contribution < -0.4 is 10.8 Å². The van der Waals surface area contributed by atoms with Crippen LogP contribution in [0.5, 0.6) is 0 Å². The van der Waals surface area contributed by atoms with E-state index < -0.39 is 0 Å². The topological polar surface area (TPSA) is 25.5 Å². The molecule has 1 aliphatic rings. The van der Waals surface area contributed by atoms with Crippen molar-refractivity contribution in [1.82, 2.24) is 0 Å². The van der Waals surface area contributed by atoms with E-state index in [-0.39, 0.29) is 5.54 Å². The van der Waals surface area contributed by atoms with Gasteiger partial charge in [0.2, 0.25) is 0 Å². The lowest BCUT2D eigenvalue weighted by atomic mass is 10.1. The average Bonchev–Trinajstić information content (AvgIpc) is 2.31. The summed E-state index contributed by atoms with van der Waals surface area (Å²) in [7, 11) is 0. The van der Waals surface area contributed by atoms with Gasteiger partial charge in [-0.25, -0.2) is 0 Å². The minimum atomic E-state index is -0.119. The third-order valence-electron chi connectivity index (χ3n) is 1.83. The SMILES string of the molecule is CC1(C)C=CC=c2occc2=N1. The second kappa shape index (κ2) is 2.34. The van der Waals surface area contributed by atoms with Crippen LogP contribution in [0.2, 0.25) is 0 Å². The molecule has 0 saturated heterocycles. The minimum Gasteiger partial charge on any atom is -0.463 e. The zero-order valence-corrected chi connectivity index (χ0v) is 7.24. The molecule has 12 heavy (non-hydrogen) atoms. The Morgan fingerprint density at radius 1 is 1.42 bits per heavy atom. The minimum absolute atomic E-state index is 0.119. The van der Waals surface area contributed by atoms with Crippen molar-refractivity contribution >= 4 is 6.08 Å². The highest BCUT2D eigenvalue weighted by Crippen LogP contribution is 2.10. The lowest BCUT2D eigenvalue weighted by Crippen LogP contribution is -2.24. The zero-order chi connectivity index (χ0) is 8.60. The monoisotopic (exact) mass is 161 g/mol. The van der Waals surface area contributed by atoms with Crippen molar-refractivity contribution in [3.8, 4) is 0 Å². The second-order valence-corrected chi connectivity index (χ2v) is 3.46. The van der Waals surface area contributed by atoms with Gasteiger partial charge in [0, 0.05) is 6.07 Å². The molecule has 2 nitrogen and oxygen atoms in total. The predicted octanol–water partition coefficient (Wildman–Crippen LogP) is 1.03. The first-order valence-electron chi connectivity index (χ1n) is 4.00. The molecule has 0 radical (unpaired) electrons. The van der Waals surface area contributed by atoms with E-state index in [4.69, 9.17) is 4.42 Å². The zero-order valence-electron chi connectivity index (χ0n) is 7.24. The number of hydrogen-bond donors (Lipinski definition) is 0. The number of furan rings is 1. The highest BCUT2D eigenvalue weighted by atomic mass is 16.3. The Labute approximate surface area is 70.9 Å². The number of fused-ring (bicyclic) bond motifs is 1. The van der Waals surface area contributed by atoms with E-state index in [1.165, 1.54) is 0 Å². The van der Waals surface area contributed by atoms with Crippen molar-refractivity contribution in [1.29, 1.82) is 0 Å². The van der Waals surface area contributed by atoms with Crippen LogP contribution in [0.25, 0.3) is 6.08 Å². The molecule has 0 saturated carbocycles. The first-order chi connectivity index (χ1) is 5.67. The molecule has 0 unspecified atom stereocenters. The Balaban J connectivity index is 2.75. The normalized spacial score (nSPS) is 18.8. The molecule has 2 rings (SSSR count). The van der Waals surface area contributed by atoms with E-state index in [9.17, 15) is 0 Å². The summed E-state index contributed by atoms with van der Waals surface area (Å²) in [5.41, 5.74) is 0.725. The largest absolute Gasteiger partial charge is 0.463 e. The van der Waals surface area contributed by atoms with Crippen LogP contribution in [-0.2, 0) is 0 Å². The Morgan fingerprint density at radius 2 is 2.25 bits per heavy atom. The maximum atomic E-state index is 5.23. The second-order valence-electron chi connectivity index (χ2n) is 3.46. The van der Waals surface area contributed by atoms with Crippen LogP contribution in [0, 0.1) is 0 Å². The molecule has 1 aromatic rings. The van der Waals surface area contributed by atoms with Crippen molar-refractivity contribution in [2.75, 3.05) is 0 Å². The van der Waals surface area contributed by atoms with Crippen molar-refractivity contribution in [3.63, 3.8) is 0 Å². The molecular weight excluding hydrogens is 150 g/mol. The summed E-state index contributed by atoms with van der Waals surface area (Å²) in [5, 5.41) is 0.935. The third-order valence-corrected chi connectivity index (χ3v) is 1.83. The fraction of sp³-hybridized carbons (Fsp3) is 0.300. The van der Waals surface area contributed by atoms with E-state index in [0.717, 1.165) is 10.8 Å². The molecule has 0 atom stereocenters. The highest BCUT2D eigenvalue weighted by Gasteiger charge is 2.11. The Bertz CT molecular complexity index is 423. The molecular formula is C10H11NO. The van der Waals surface area contributed by atoms with E-state index in [1.807, 2.05) is 18.2 Å². The number of rotatable bonds is 0. The summed E-state index contributed by atoms with van der Waals surface area (Å²) in [4.78, 5) is 4.52. The molecule has 0 fully saturated rings. The van der Waals surface area contributed by atoms with Gasteiger partial charge >= 0.3 is 0 Å². The molecule has 1 aromatic heterocycles. The van der Waals surface area contributed by atoms with Crippen LogP contribution in [0.1, 0.15) is 13.8 Å². The highest BCUT2D eigenvalue weighted by molar-refractivity contribution is 5.36. The van der Waals surface area contributed by atoms with Gasteiger partial charge in [-0.05, 0) is 19.9 Å². The van der Waals surface area contributed by atoms with Gasteiger partial charge in [-0.15, -0.1) is 0 Å². The summed E-state index contributed by atoms with van der Waals surface area (Å²) in [6, 6.07) is 1.89. The van der Waals surface area contributed by atoms with Gasteiger partial charge in [0.25, 0.3) is 0 Å². The van der Waals surface area contributed by atoms with E-state index >= 15 is 0 Å². The fourth-order valence-corrected chi connectivity index (χ4v) is 1.25. The van der Waals surface area contributed by atoms with E-state index in [1.54, 1.807) is 6.26 Å². The van der Waals surface area contributed by atoms with Crippen LogP contribution in [0.3, 0.4) is 0 Å². The summed E-state index contributed by atoms with van der Waals surface area (Å²) >= 11 is 0. The van der Waals surface area contributed by atoms with Crippen molar-refractivity contribution in [3.05, 3.63) is 35.3 Å². The summed E-state index contributed by atoms with van der Waals surface area (Å²) < 4.78 is 5.23. The first-order valence-corrected chi connectivity index (χ1v) is 4.00. The Kier molecular flexibility index (Phi) is 1.43. The quantitative estimate of drug-likeness (QED) is 0.558. The molecule has 0 bridgehead atoms. The van der Waals surface area contributed by atoms with Gasteiger partial charge in [-0.3, -0.25) is 4.99 Å². The standard InChI is InChI=1S/C10H11NO/c1-10(2)6-3-4-9-8(11-10)5-7-12-9/h3-7H,1-2H3. The van der Waals surface area contributed by atoms with E-state index in [2.05, 4.69) is 24.9 Å². The molecule has 2 heteroatoms. The van der Waals surface area contributed by atoms with Gasteiger partial charge in [0.1, 0.15) is 5.36 Å². The van der Waals surface area contributed by atoms with Crippen LogP contribution in [0.15, 0.2) is 33.9 Å². The van der Waals surface area contributed by atoms with Crippen molar-refractivity contribution in [2.45, 2.75) is 19.4 Å². The summed E-state index contributed by atoms with van der Waals surface area (Å²) in [5.74, 6) is 0. The Hall–Kier alpha value is -1.31. The number of allylic oxidation sites excluding steroid dienone is 1. The predicted molar refractivity (Wildman–Crippen MR) is 47.2 cm³/mol. The number of nitrogens with zero attached hydrogens (tertiary/aromatic N) is 1. The maximum absolute atomic E-state index is 5.23. The van der Waals surface area contributed by atoms with Gasteiger partial charge in [-0.2, -0.15) is 0 Å².